The molecule has 256 valence electrons. The van der Waals surface area contributed by atoms with Gasteiger partial charge >= 0.3 is 18.1 Å². The predicted molar refractivity (Wildman–Crippen MR) is 163 cm³/mol. The number of nitrogens with two attached hydrogens (primary N) is 3. The average Bonchev–Trinajstić information content (AvgIpc) is 2.98. The number of alkyl halides is 3. The number of guanidine groups is 1. The number of amides is 3. The van der Waals surface area contributed by atoms with Gasteiger partial charge in [-0.2, -0.15) is 13.2 Å². The number of halogens is 3. The van der Waals surface area contributed by atoms with Crippen LogP contribution in [0.4, 0.5) is 13.2 Å². The number of hydrogen-bond donors (Lipinski definition) is 10. The zero-order valence-electron chi connectivity index (χ0n) is 25.2. The van der Waals surface area contributed by atoms with Gasteiger partial charge in [-0.3, -0.25) is 30.0 Å². The van der Waals surface area contributed by atoms with Gasteiger partial charge in [-0.25, -0.2) is 4.79 Å². The fourth-order valence-corrected chi connectivity index (χ4v) is 4.12. The lowest BCUT2D eigenvalue weighted by Gasteiger charge is -2.31. The predicted octanol–water partition coefficient (Wildman–Crippen LogP) is 0.297. The number of carboxylic acid groups (broad SMARTS) is 2. The Balaban J connectivity index is 0.00000141. The van der Waals surface area contributed by atoms with Crippen LogP contribution in [0.15, 0.2) is 54.6 Å². The molecule has 0 aromatic heterocycles. The first-order valence-corrected chi connectivity index (χ1v) is 13.8. The summed E-state index contributed by atoms with van der Waals surface area (Å²) in [6, 6.07) is 13.0. The Morgan fingerprint density at radius 1 is 0.872 bits per heavy atom. The Kier molecular flexibility index (Phi) is 14.8. The van der Waals surface area contributed by atoms with E-state index < -0.39 is 59.8 Å². The van der Waals surface area contributed by atoms with Gasteiger partial charge in [0, 0.05) is 12.1 Å². The molecule has 0 saturated heterocycles. The highest BCUT2D eigenvalue weighted by Gasteiger charge is 2.39. The summed E-state index contributed by atoms with van der Waals surface area (Å²) < 4.78 is 31.7. The van der Waals surface area contributed by atoms with Crippen LogP contribution in [0.1, 0.15) is 42.9 Å². The van der Waals surface area contributed by atoms with Crippen molar-refractivity contribution in [2.45, 2.75) is 56.3 Å². The minimum absolute atomic E-state index is 0.0954. The summed E-state index contributed by atoms with van der Waals surface area (Å²) >= 11 is 0. The molecule has 3 amide bonds. The minimum Gasteiger partial charge on any atom is -0.481 e. The van der Waals surface area contributed by atoms with Gasteiger partial charge < -0.3 is 43.4 Å². The maximum Gasteiger partial charge on any atom is 0.490 e. The molecule has 0 saturated carbocycles. The quantitative estimate of drug-likeness (QED) is 0.0704. The van der Waals surface area contributed by atoms with E-state index >= 15 is 0 Å². The normalized spacial score (nSPS) is 13.3. The second-order valence-corrected chi connectivity index (χ2v) is 10.4. The number of amidine groups is 1. The Labute approximate surface area is 267 Å². The van der Waals surface area contributed by atoms with Gasteiger partial charge in [-0.05, 0) is 37.3 Å². The number of rotatable bonds is 15. The van der Waals surface area contributed by atoms with E-state index in [4.69, 9.17) is 37.9 Å². The molecule has 0 unspecified atom stereocenters. The van der Waals surface area contributed by atoms with Crippen LogP contribution in [0.3, 0.4) is 0 Å². The fraction of sp³-hybridized carbons (Fsp3) is 0.345. The van der Waals surface area contributed by atoms with Gasteiger partial charge in [0.15, 0.2) is 5.96 Å². The smallest absolute Gasteiger partial charge is 0.481 e. The van der Waals surface area contributed by atoms with E-state index in [1.807, 2.05) is 0 Å². The molecule has 13 N–H and O–H groups in total. The Morgan fingerprint density at radius 2 is 1.43 bits per heavy atom. The molecule has 47 heavy (non-hydrogen) atoms. The van der Waals surface area contributed by atoms with E-state index in [1.54, 1.807) is 61.5 Å². The zero-order valence-corrected chi connectivity index (χ0v) is 25.2. The second-order valence-electron chi connectivity index (χ2n) is 10.4. The summed E-state index contributed by atoms with van der Waals surface area (Å²) in [7, 11) is 0. The van der Waals surface area contributed by atoms with Crippen LogP contribution in [0.2, 0.25) is 0 Å². The van der Waals surface area contributed by atoms with E-state index in [9.17, 15) is 37.5 Å². The third-order valence-electron chi connectivity index (χ3n) is 6.62. The van der Waals surface area contributed by atoms with Crippen LogP contribution in [0, 0.1) is 10.8 Å². The van der Waals surface area contributed by atoms with Crippen LogP contribution in [-0.4, -0.2) is 76.5 Å². The first kappa shape index (κ1) is 39.3. The van der Waals surface area contributed by atoms with Gasteiger partial charge in [-0.1, -0.05) is 54.6 Å². The lowest BCUT2D eigenvalue weighted by atomic mass is 9.76. The van der Waals surface area contributed by atoms with Crippen LogP contribution in [0.5, 0.6) is 0 Å². The van der Waals surface area contributed by atoms with E-state index in [0.29, 0.717) is 17.5 Å². The first-order valence-electron chi connectivity index (χ1n) is 13.8. The van der Waals surface area contributed by atoms with Crippen LogP contribution in [-0.2, 0) is 35.8 Å². The molecule has 0 radical (unpaired) electrons. The number of nitrogen functional groups attached to an aromatic ring is 1. The molecule has 0 heterocycles. The molecule has 2 aromatic rings. The average molecular weight is 667 g/mol. The summed E-state index contributed by atoms with van der Waals surface area (Å²) in [5.41, 5.74) is 16.9. The molecule has 3 atom stereocenters. The monoisotopic (exact) mass is 666 g/mol. The molecule has 0 bridgehead atoms. The molecular formula is C29H37F3N8O7. The van der Waals surface area contributed by atoms with Crippen molar-refractivity contribution in [3.8, 4) is 0 Å². The highest BCUT2D eigenvalue weighted by Crippen LogP contribution is 2.29. The molecule has 2 rings (SSSR count). The Morgan fingerprint density at radius 3 is 1.87 bits per heavy atom. The van der Waals surface area contributed by atoms with Crippen molar-refractivity contribution in [3.63, 3.8) is 0 Å². The van der Waals surface area contributed by atoms with Crippen molar-refractivity contribution in [1.82, 2.24) is 16.0 Å². The molecule has 15 nitrogen and oxygen atoms in total. The van der Waals surface area contributed by atoms with Crippen molar-refractivity contribution < 1.29 is 47.4 Å². The van der Waals surface area contributed by atoms with Crippen molar-refractivity contribution in [2.75, 3.05) is 6.54 Å². The third-order valence-corrected chi connectivity index (χ3v) is 6.62. The van der Waals surface area contributed by atoms with Gasteiger partial charge in [0.1, 0.15) is 17.9 Å². The summed E-state index contributed by atoms with van der Waals surface area (Å²) in [6.45, 7) is 1.94. The number of carbonyl (C=O) groups excluding carboxylic acids is 3. The first-order chi connectivity index (χ1) is 21.8. The van der Waals surface area contributed by atoms with E-state index in [1.165, 1.54) is 0 Å². The standard InChI is InChI=1S/C27H36N8O5.C2HF3O2/c1-27(18-6-3-2-4-7-18,15-16-9-11-17(12-10-16)22(28)29)25(40)35-20(14-21(36)37)24(39)34-19(23(30)38)8-5-13-33-26(31)32;3-2(4,5)1(6)7/h2-4,6-7,9-12,19-20H,5,8,13-15H2,1H3,(H3,28,29)(H2,30,38)(H,34,39)(H,35,40)(H,36,37)(H4,31,32,33);(H,6,7)/t19-,20-,27+;/m0./s1. The lowest BCUT2D eigenvalue weighted by Crippen LogP contribution is -2.56. The van der Waals surface area contributed by atoms with Crippen LogP contribution < -0.4 is 33.2 Å². The number of benzene rings is 2. The summed E-state index contributed by atoms with van der Waals surface area (Å²) in [5, 5.41) is 38.9. The van der Waals surface area contributed by atoms with E-state index in [0.717, 1.165) is 5.56 Å². The zero-order chi connectivity index (χ0) is 35.9. The van der Waals surface area contributed by atoms with Gasteiger partial charge in [0.25, 0.3) is 0 Å². The highest BCUT2D eigenvalue weighted by atomic mass is 19.4. The van der Waals surface area contributed by atoms with Crippen molar-refractivity contribution >= 4 is 41.5 Å². The second kappa shape index (κ2) is 17.7. The Hall–Kier alpha value is -5.68. The molecule has 0 aliphatic rings. The van der Waals surface area contributed by atoms with Crippen LogP contribution >= 0.6 is 0 Å². The molecular weight excluding hydrogens is 629 g/mol. The van der Waals surface area contributed by atoms with Crippen molar-refractivity contribution in [3.05, 3.63) is 71.3 Å². The minimum atomic E-state index is -5.08. The molecule has 18 heteroatoms. The number of primary amides is 1. The molecule has 0 spiro atoms. The largest absolute Gasteiger partial charge is 0.490 e. The fourth-order valence-electron chi connectivity index (χ4n) is 4.12. The maximum absolute atomic E-state index is 13.8. The number of nitrogens with one attached hydrogen (secondary N) is 5. The highest BCUT2D eigenvalue weighted by molar-refractivity contribution is 5.97. The summed E-state index contributed by atoms with van der Waals surface area (Å²) in [5.74, 6) is -6.74. The van der Waals surface area contributed by atoms with Gasteiger partial charge in [-0.15, -0.1) is 0 Å². The SMILES string of the molecule is C[C@](Cc1ccc(C(=N)N)cc1)(C(=O)N[C@@H](CC(=O)O)C(=O)N[C@@H](CCCNC(=N)N)C(N)=O)c1ccccc1.O=C(O)C(F)(F)F. The number of carbonyl (C=O) groups is 5. The topological polar surface area (TPSA) is 288 Å². The maximum atomic E-state index is 13.8. The number of carboxylic acids is 2. The number of aliphatic carboxylic acids is 2. The lowest BCUT2D eigenvalue weighted by molar-refractivity contribution is -0.192. The molecule has 0 aliphatic heterocycles. The van der Waals surface area contributed by atoms with E-state index in [-0.39, 0.29) is 31.2 Å². The third kappa shape index (κ3) is 13.5. The van der Waals surface area contributed by atoms with Crippen molar-refractivity contribution in [1.29, 1.82) is 10.8 Å². The van der Waals surface area contributed by atoms with Crippen LogP contribution in [0.25, 0.3) is 0 Å². The number of hydrogen-bond acceptors (Lipinski definition) is 7. The van der Waals surface area contributed by atoms with Crippen molar-refractivity contribution in [2.24, 2.45) is 17.2 Å². The summed E-state index contributed by atoms with van der Waals surface area (Å²) in [6.07, 6.45) is -5.19. The summed E-state index contributed by atoms with van der Waals surface area (Å²) in [4.78, 5) is 59.3. The molecule has 2 aromatic carbocycles. The van der Waals surface area contributed by atoms with Gasteiger partial charge in [0.05, 0.1) is 11.8 Å². The molecule has 0 aliphatic carbocycles. The van der Waals surface area contributed by atoms with Gasteiger partial charge in [0.2, 0.25) is 17.7 Å². The molecule has 0 fully saturated rings. The Bertz CT molecular complexity index is 1440. The van der Waals surface area contributed by atoms with E-state index in [2.05, 4.69) is 16.0 Å².